The van der Waals surface area contributed by atoms with Crippen molar-refractivity contribution in [2.24, 2.45) is 5.73 Å². The van der Waals surface area contributed by atoms with E-state index in [-0.39, 0.29) is 11.5 Å². The maximum absolute atomic E-state index is 5.90. The molecule has 1 saturated heterocycles. The second kappa shape index (κ2) is 4.24. The number of ether oxygens (including phenoxy) is 1. The van der Waals surface area contributed by atoms with Gasteiger partial charge in [0.2, 0.25) is 0 Å². The van der Waals surface area contributed by atoms with E-state index in [0.29, 0.717) is 0 Å². The fraction of sp³-hybridized carbons (Fsp3) is 0.500. The van der Waals surface area contributed by atoms with E-state index in [2.05, 4.69) is 41.1 Å². The van der Waals surface area contributed by atoms with Gasteiger partial charge < -0.3 is 10.5 Å². The molecular weight excluding hydrogens is 254 g/mol. The Hall–Kier alpha value is -0.380. The predicted octanol–water partition coefficient (Wildman–Crippen LogP) is 2.45. The fourth-order valence-electron chi connectivity index (χ4n) is 2.24. The highest BCUT2D eigenvalue weighted by Crippen LogP contribution is 2.39. The average molecular weight is 270 g/mol. The highest BCUT2D eigenvalue weighted by molar-refractivity contribution is 9.10. The Balaban J connectivity index is 2.30. The van der Waals surface area contributed by atoms with E-state index < -0.39 is 0 Å². The number of nitrogens with two attached hydrogens (primary N) is 1. The van der Waals surface area contributed by atoms with Crippen LogP contribution in [0.5, 0.6) is 0 Å². The number of hydrogen-bond donors (Lipinski definition) is 1. The van der Waals surface area contributed by atoms with Crippen molar-refractivity contribution in [1.82, 2.24) is 0 Å². The highest BCUT2D eigenvalue weighted by atomic mass is 79.9. The summed E-state index contributed by atoms with van der Waals surface area (Å²) in [6.07, 6.45) is 0.982. The van der Waals surface area contributed by atoms with Crippen LogP contribution in [0, 0.1) is 0 Å². The van der Waals surface area contributed by atoms with Gasteiger partial charge in [0.05, 0.1) is 13.2 Å². The molecule has 2 rings (SSSR count). The van der Waals surface area contributed by atoms with Crippen LogP contribution in [-0.4, -0.2) is 19.3 Å². The van der Waals surface area contributed by atoms with Crippen LogP contribution >= 0.6 is 15.9 Å². The monoisotopic (exact) mass is 269 g/mol. The molecule has 0 amide bonds. The Bertz CT molecular complexity index is 347. The summed E-state index contributed by atoms with van der Waals surface area (Å²) < 4.78 is 6.53. The van der Waals surface area contributed by atoms with Crippen LogP contribution in [0.25, 0.3) is 0 Å². The summed E-state index contributed by atoms with van der Waals surface area (Å²) in [6.45, 7) is 3.63. The molecule has 3 heteroatoms. The Morgan fingerprint density at radius 1 is 1.47 bits per heavy atom. The van der Waals surface area contributed by atoms with Crippen molar-refractivity contribution < 1.29 is 4.74 Å². The van der Waals surface area contributed by atoms with E-state index in [4.69, 9.17) is 10.5 Å². The highest BCUT2D eigenvalue weighted by Gasteiger charge is 2.41. The minimum atomic E-state index is 0.133. The predicted molar refractivity (Wildman–Crippen MR) is 64.9 cm³/mol. The average Bonchev–Trinajstić information content (AvgIpc) is 2.12. The van der Waals surface area contributed by atoms with Crippen LogP contribution in [0.3, 0.4) is 0 Å². The van der Waals surface area contributed by atoms with E-state index in [1.807, 2.05) is 6.07 Å². The number of rotatable bonds is 3. The third-order valence-corrected chi connectivity index (χ3v) is 3.61. The van der Waals surface area contributed by atoms with Crippen LogP contribution in [-0.2, 0) is 10.2 Å². The van der Waals surface area contributed by atoms with Gasteiger partial charge in [-0.2, -0.15) is 0 Å². The van der Waals surface area contributed by atoms with Crippen molar-refractivity contribution in [3.05, 3.63) is 34.3 Å². The van der Waals surface area contributed by atoms with E-state index in [1.54, 1.807) is 0 Å². The minimum Gasteiger partial charge on any atom is -0.379 e. The lowest BCUT2D eigenvalue weighted by Crippen LogP contribution is -2.50. The first-order valence-corrected chi connectivity index (χ1v) is 6.02. The summed E-state index contributed by atoms with van der Waals surface area (Å²) in [6, 6.07) is 8.56. The summed E-state index contributed by atoms with van der Waals surface area (Å²) in [5.41, 5.74) is 7.37. The van der Waals surface area contributed by atoms with Gasteiger partial charge in [0, 0.05) is 15.9 Å². The molecule has 1 atom stereocenters. The lowest BCUT2D eigenvalue weighted by Gasteiger charge is -2.43. The summed E-state index contributed by atoms with van der Waals surface area (Å²) in [5, 5.41) is 0. The summed E-state index contributed by atoms with van der Waals surface area (Å²) in [7, 11) is 0. The standard InChI is InChI=1S/C12H16BrNO/c1-9(14)6-12(7-15-8-12)10-4-2-3-5-11(10)13/h2-5,9H,6-8,14H2,1H3. The second-order valence-electron chi connectivity index (χ2n) is 4.43. The first-order valence-electron chi connectivity index (χ1n) is 5.22. The number of hydrogen-bond acceptors (Lipinski definition) is 2. The molecule has 1 aromatic rings. The van der Waals surface area contributed by atoms with Gasteiger partial charge in [0.25, 0.3) is 0 Å². The molecule has 1 aliphatic heterocycles. The Morgan fingerprint density at radius 2 is 2.13 bits per heavy atom. The molecule has 1 unspecified atom stereocenters. The molecule has 0 spiro atoms. The molecule has 0 radical (unpaired) electrons. The fourth-order valence-corrected chi connectivity index (χ4v) is 2.94. The topological polar surface area (TPSA) is 35.2 Å². The molecule has 1 fully saturated rings. The van der Waals surface area contributed by atoms with Crippen LogP contribution in [0.1, 0.15) is 18.9 Å². The maximum Gasteiger partial charge on any atom is 0.0586 e. The molecule has 15 heavy (non-hydrogen) atoms. The zero-order valence-electron chi connectivity index (χ0n) is 8.87. The van der Waals surface area contributed by atoms with Gasteiger partial charge >= 0.3 is 0 Å². The summed E-state index contributed by atoms with van der Waals surface area (Å²) in [4.78, 5) is 0. The largest absolute Gasteiger partial charge is 0.379 e. The normalized spacial score (nSPS) is 20.7. The van der Waals surface area contributed by atoms with Gasteiger partial charge in [-0.05, 0) is 25.0 Å². The van der Waals surface area contributed by atoms with Crippen LogP contribution in [0.2, 0.25) is 0 Å². The molecule has 1 heterocycles. The zero-order valence-corrected chi connectivity index (χ0v) is 10.5. The van der Waals surface area contributed by atoms with Crippen molar-refractivity contribution in [2.75, 3.05) is 13.2 Å². The molecule has 0 saturated carbocycles. The van der Waals surface area contributed by atoms with Crippen LogP contribution in [0.15, 0.2) is 28.7 Å². The molecule has 0 aromatic heterocycles. The van der Waals surface area contributed by atoms with Crippen LogP contribution < -0.4 is 5.73 Å². The summed E-state index contributed by atoms with van der Waals surface area (Å²) >= 11 is 3.60. The molecule has 1 aromatic carbocycles. The lowest BCUT2D eigenvalue weighted by atomic mass is 9.74. The van der Waals surface area contributed by atoms with E-state index in [9.17, 15) is 0 Å². The first-order chi connectivity index (χ1) is 7.14. The van der Waals surface area contributed by atoms with E-state index in [0.717, 1.165) is 24.1 Å². The minimum absolute atomic E-state index is 0.133. The summed E-state index contributed by atoms with van der Waals surface area (Å²) in [5.74, 6) is 0. The number of benzene rings is 1. The molecule has 1 aliphatic rings. The smallest absolute Gasteiger partial charge is 0.0586 e. The molecular formula is C12H16BrNO. The molecule has 0 bridgehead atoms. The van der Waals surface area contributed by atoms with Crippen molar-refractivity contribution >= 4 is 15.9 Å². The van der Waals surface area contributed by atoms with Gasteiger partial charge in [-0.15, -0.1) is 0 Å². The molecule has 0 aliphatic carbocycles. The zero-order chi connectivity index (χ0) is 10.9. The number of halogens is 1. The first kappa shape index (κ1) is 11.1. The van der Waals surface area contributed by atoms with Gasteiger partial charge in [0.1, 0.15) is 0 Å². The Morgan fingerprint density at radius 3 is 2.60 bits per heavy atom. The van der Waals surface area contributed by atoms with Crippen molar-refractivity contribution in [3.8, 4) is 0 Å². The van der Waals surface area contributed by atoms with Crippen molar-refractivity contribution in [1.29, 1.82) is 0 Å². The van der Waals surface area contributed by atoms with Gasteiger partial charge in [-0.25, -0.2) is 0 Å². The van der Waals surface area contributed by atoms with Crippen molar-refractivity contribution in [2.45, 2.75) is 24.8 Å². The van der Waals surface area contributed by atoms with Gasteiger partial charge in [-0.1, -0.05) is 34.1 Å². The van der Waals surface area contributed by atoms with Crippen LogP contribution in [0.4, 0.5) is 0 Å². The SMILES string of the molecule is CC(N)CC1(c2ccccc2Br)COC1. The molecule has 2 nitrogen and oxygen atoms in total. The van der Waals surface area contributed by atoms with E-state index in [1.165, 1.54) is 5.56 Å². The van der Waals surface area contributed by atoms with Crippen molar-refractivity contribution in [3.63, 3.8) is 0 Å². The van der Waals surface area contributed by atoms with Gasteiger partial charge in [0.15, 0.2) is 0 Å². The van der Waals surface area contributed by atoms with E-state index >= 15 is 0 Å². The quantitative estimate of drug-likeness (QED) is 0.915. The maximum atomic E-state index is 5.90. The Kier molecular flexibility index (Phi) is 3.14. The van der Waals surface area contributed by atoms with Gasteiger partial charge in [-0.3, -0.25) is 0 Å². The lowest BCUT2D eigenvalue weighted by molar-refractivity contribution is -0.0668. The molecule has 2 N–H and O–H groups in total. The third-order valence-electron chi connectivity index (χ3n) is 2.91. The Labute approximate surface area is 98.9 Å². The third kappa shape index (κ3) is 2.10. The second-order valence-corrected chi connectivity index (χ2v) is 5.29. The molecule has 82 valence electrons.